The molecule has 0 amide bonds. The van der Waals surface area contributed by atoms with Crippen LogP contribution in [0.2, 0.25) is 0 Å². The van der Waals surface area contributed by atoms with E-state index >= 15 is 0 Å². The van der Waals surface area contributed by atoms with E-state index in [2.05, 4.69) is 17.0 Å². The van der Waals surface area contributed by atoms with E-state index in [1.54, 1.807) is 0 Å². The van der Waals surface area contributed by atoms with Crippen molar-refractivity contribution in [2.75, 3.05) is 20.7 Å². The first kappa shape index (κ1) is 14.3. The molecule has 21 heavy (non-hydrogen) atoms. The van der Waals surface area contributed by atoms with Gasteiger partial charge in [-0.05, 0) is 19.7 Å². The first-order valence-corrected chi connectivity index (χ1v) is 7.26. The number of hydrogen-bond acceptors (Lipinski definition) is 3. The van der Waals surface area contributed by atoms with Crippen LogP contribution in [0.15, 0.2) is 60.7 Å². The molecule has 0 bridgehead atoms. The van der Waals surface area contributed by atoms with E-state index in [1.165, 1.54) is 5.56 Å². The molecular formula is C18H21NO2. The van der Waals surface area contributed by atoms with Crippen molar-refractivity contribution >= 4 is 0 Å². The van der Waals surface area contributed by atoms with Gasteiger partial charge in [-0.1, -0.05) is 60.7 Å². The Labute approximate surface area is 125 Å². The normalized spacial score (nSPS) is 29.0. The maximum Gasteiger partial charge on any atom is 0.209 e. The van der Waals surface area contributed by atoms with E-state index in [0.29, 0.717) is 6.61 Å². The van der Waals surface area contributed by atoms with Crippen LogP contribution in [0.4, 0.5) is 0 Å². The topological polar surface area (TPSA) is 32.7 Å². The van der Waals surface area contributed by atoms with Crippen LogP contribution in [0.5, 0.6) is 0 Å². The van der Waals surface area contributed by atoms with Crippen LogP contribution in [0.1, 0.15) is 17.0 Å². The lowest BCUT2D eigenvalue weighted by Crippen LogP contribution is -2.47. The Bertz CT molecular complexity index is 585. The summed E-state index contributed by atoms with van der Waals surface area (Å²) in [4.78, 5) is 2.05. The maximum absolute atomic E-state index is 11.2. The van der Waals surface area contributed by atoms with Crippen LogP contribution < -0.4 is 0 Å². The lowest BCUT2D eigenvalue weighted by molar-refractivity contribution is -0.204. The molecule has 1 aliphatic heterocycles. The molecule has 1 fully saturated rings. The van der Waals surface area contributed by atoms with Crippen molar-refractivity contribution < 1.29 is 9.84 Å². The zero-order chi connectivity index (χ0) is 14.9. The Morgan fingerprint density at radius 2 is 1.57 bits per heavy atom. The van der Waals surface area contributed by atoms with Crippen LogP contribution in [-0.2, 0) is 10.5 Å². The van der Waals surface area contributed by atoms with Gasteiger partial charge in [-0.2, -0.15) is 0 Å². The minimum absolute atomic E-state index is 0.123. The molecular weight excluding hydrogens is 262 g/mol. The van der Waals surface area contributed by atoms with Gasteiger partial charge in [0.15, 0.2) is 0 Å². The van der Waals surface area contributed by atoms with Gasteiger partial charge >= 0.3 is 0 Å². The van der Waals surface area contributed by atoms with Crippen molar-refractivity contribution in [1.29, 1.82) is 0 Å². The molecule has 1 N–H and O–H groups in total. The number of benzene rings is 2. The van der Waals surface area contributed by atoms with Crippen molar-refractivity contribution in [1.82, 2.24) is 4.90 Å². The van der Waals surface area contributed by atoms with Gasteiger partial charge in [0.1, 0.15) is 0 Å². The second-order valence-electron chi connectivity index (χ2n) is 5.80. The number of nitrogens with zero attached hydrogens (tertiary/aromatic N) is 1. The number of aliphatic hydroxyl groups is 1. The highest BCUT2D eigenvalue weighted by Gasteiger charge is 2.51. The quantitative estimate of drug-likeness (QED) is 0.940. The highest BCUT2D eigenvalue weighted by molar-refractivity contribution is 5.30. The van der Waals surface area contributed by atoms with Crippen LogP contribution >= 0.6 is 0 Å². The van der Waals surface area contributed by atoms with Crippen LogP contribution in [-0.4, -0.2) is 36.8 Å². The average Bonchev–Trinajstić information content (AvgIpc) is 2.88. The summed E-state index contributed by atoms with van der Waals surface area (Å²) in [6.45, 7) is 0.512. The number of hydrogen-bond donors (Lipinski definition) is 1. The smallest absolute Gasteiger partial charge is 0.209 e. The summed E-state index contributed by atoms with van der Waals surface area (Å²) >= 11 is 0. The molecule has 110 valence electrons. The lowest BCUT2D eigenvalue weighted by atomic mass is 9.86. The molecule has 0 aliphatic carbocycles. The van der Waals surface area contributed by atoms with Crippen molar-refractivity contribution in [3.8, 4) is 0 Å². The minimum Gasteiger partial charge on any atom is -0.361 e. The highest BCUT2D eigenvalue weighted by atomic mass is 16.6. The highest BCUT2D eigenvalue weighted by Crippen LogP contribution is 2.43. The summed E-state index contributed by atoms with van der Waals surface area (Å²) in [5.74, 6) is -1.13. The second kappa shape index (κ2) is 5.60. The maximum atomic E-state index is 11.2. The molecule has 1 aliphatic rings. The predicted octanol–water partition coefficient (Wildman–Crippen LogP) is 2.58. The zero-order valence-electron chi connectivity index (χ0n) is 12.4. The Morgan fingerprint density at radius 1 is 1.00 bits per heavy atom. The first-order valence-electron chi connectivity index (χ1n) is 7.26. The SMILES string of the molecule is CN(C)[C@H]1[C@H](c2ccccc2)CO[C@]1(O)c1ccccc1. The fraction of sp³-hybridized carbons (Fsp3) is 0.333. The van der Waals surface area contributed by atoms with Crippen molar-refractivity contribution in [2.45, 2.75) is 17.7 Å². The standard InChI is InChI=1S/C18H21NO2/c1-19(2)17-16(14-9-5-3-6-10-14)13-21-18(17,20)15-11-7-4-8-12-15/h3-12,16-17,20H,13H2,1-2H3/t16-,17-,18+/m0/s1. The fourth-order valence-corrected chi connectivity index (χ4v) is 3.29. The van der Waals surface area contributed by atoms with Crippen LogP contribution in [0.3, 0.4) is 0 Å². The molecule has 0 aromatic heterocycles. The molecule has 3 rings (SSSR count). The molecule has 0 unspecified atom stereocenters. The summed E-state index contributed by atoms with van der Waals surface area (Å²) in [5, 5.41) is 11.2. The van der Waals surface area contributed by atoms with Crippen molar-refractivity contribution in [3.05, 3.63) is 71.8 Å². The molecule has 3 atom stereocenters. The largest absolute Gasteiger partial charge is 0.361 e. The van der Waals surface area contributed by atoms with Crippen molar-refractivity contribution in [2.24, 2.45) is 0 Å². The zero-order valence-corrected chi connectivity index (χ0v) is 12.4. The third-order valence-corrected chi connectivity index (χ3v) is 4.24. The van der Waals surface area contributed by atoms with E-state index in [4.69, 9.17) is 4.74 Å². The Hall–Kier alpha value is -1.68. The van der Waals surface area contributed by atoms with E-state index in [1.807, 2.05) is 62.6 Å². The molecule has 1 heterocycles. The first-order chi connectivity index (χ1) is 10.1. The molecule has 2 aromatic carbocycles. The summed E-state index contributed by atoms with van der Waals surface area (Å²) in [6.07, 6.45) is 0. The van der Waals surface area contributed by atoms with Gasteiger partial charge in [0.05, 0.1) is 12.6 Å². The second-order valence-corrected chi connectivity index (χ2v) is 5.80. The van der Waals surface area contributed by atoms with Gasteiger partial charge in [-0.15, -0.1) is 0 Å². The molecule has 3 heteroatoms. The van der Waals surface area contributed by atoms with E-state index < -0.39 is 5.79 Å². The Balaban J connectivity index is 2.01. The lowest BCUT2D eigenvalue weighted by Gasteiger charge is -2.35. The number of ether oxygens (including phenoxy) is 1. The third kappa shape index (κ3) is 2.48. The summed E-state index contributed by atoms with van der Waals surface area (Å²) in [7, 11) is 3.98. The van der Waals surface area contributed by atoms with E-state index in [9.17, 15) is 5.11 Å². The van der Waals surface area contributed by atoms with Gasteiger partial charge in [-0.3, -0.25) is 0 Å². The molecule has 1 saturated heterocycles. The number of likely N-dealkylation sites (N-methyl/N-ethyl adjacent to an activating group) is 1. The molecule has 2 aromatic rings. The number of rotatable bonds is 3. The van der Waals surface area contributed by atoms with Crippen LogP contribution in [0, 0.1) is 0 Å². The van der Waals surface area contributed by atoms with Gasteiger partial charge in [0.2, 0.25) is 5.79 Å². The third-order valence-electron chi connectivity index (χ3n) is 4.24. The van der Waals surface area contributed by atoms with Crippen LogP contribution in [0.25, 0.3) is 0 Å². The fourth-order valence-electron chi connectivity index (χ4n) is 3.29. The molecule has 0 radical (unpaired) electrons. The van der Waals surface area contributed by atoms with Gasteiger partial charge in [-0.25, -0.2) is 0 Å². The summed E-state index contributed by atoms with van der Waals surface area (Å²) < 4.78 is 5.88. The van der Waals surface area contributed by atoms with Crippen molar-refractivity contribution in [3.63, 3.8) is 0 Å². The predicted molar refractivity (Wildman–Crippen MR) is 82.9 cm³/mol. The van der Waals surface area contributed by atoms with Gasteiger partial charge in [0, 0.05) is 11.5 Å². The van der Waals surface area contributed by atoms with E-state index in [-0.39, 0.29) is 12.0 Å². The summed E-state index contributed by atoms with van der Waals surface area (Å²) in [6, 6.07) is 19.8. The monoisotopic (exact) mass is 283 g/mol. The average molecular weight is 283 g/mol. The Kier molecular flexibility index (Phi) is 3.81. The Morgan fingerprint density at radius 3 is 2.14 bits per heavy atom. The van der Waals surface area contributed by atoms with E-state index in [0.717, 1.165) is 5.56 Å². The minimum atomic E-state index is -1.27. The van der Waals surface area contributed by atoms with Gasteiger partial charge in [0.25, 0.3) is 0 Å². The summed E-state index contributed by atoms with van der Waals surface area (Å²) in [5.41, 5.74) is 2.00. The molecule has 0 saturated carbocycles. The molecule has 0 spiro atoms. The molecule has 3 nitrogen and oxygen atoms in total. The van der Waals surface area contributed by atoms with Gasteiger partial charge < -0.3 is 14.7 Å².